The normalized spacial score (nSPS) is 25.2. The maximum absolute atomic E-state index is 11.7. The van der Waals surface area contributed by atoms with Crippen LogP contribution in [0.2, 0.25) is 0 Å². The van der Waals surface area contributed by atoms with E-state index in [9.17, 15) is 4.79 Å². The van der Waals surface area contributed by atoms with Crippen LogP contribution in [0.25, 0.3) is 0 Å². The molecule has 0 unspecified atom stereocenters. The van der Waals surface area contributed by atoms with E-state index in [0.717, 1.165) is 43.7 Å². The zero-order valence-electron chi connectivity index (χ0n) is 15.3. The molecule has 25 heavy (non-hydrogen) atoms. The molecule has 3 N–H and O–H groups in total. The van der Waals surface area contributed by atoms with Crippen molar-refractivity contribution in [3.63, 3.8) is 0 Å². The highest BCUT2D eigenvalue weighted by atomic mass is 16.5. The van der Waals surface area contributed by atoms with E-state index in [4.69, 9.17) is 10.5 Å². The van der Waals surface area contributed by atoms with Crippen LogP contribution in [0.5, 0.6) is 0 Å². The van der Waals surface area contributed by atoms with Crippen molar-refractivity contribution in [2.75, 3.05) is 12.4 Å². The lowest BCUT2D eigenvalue weighted by atomic mass is 9.75. The summed E-state index contributed by atoms with van der Waals surface area (Å²) in [5, 5.41) is 3.43. The van der Waals surface area contributed by atoms with E-state index in [1.165, 1.54) is 19.3 Å². The van der Waals surface area contributed by atoms with Gasteiger partial charge in [-0.25, -0.2) is 9.97 Å². The molecule has 2 aliphatic carbocycles. The molecule has 138 valence electrons. The third-order valence-electron chi connectivity index (χ3n) is 5.94. The Balaban J connectivity index is 1.68. The zero-order valence-corrected chi connectivity index (χ0v) is 15.3. The number of amides is 1. The van der Waals surface area contributed by atoms with Gasteiger partial charge in [-0.05, 0) is 43.9 Å². The lowest BCUT2D eigenvalue weighted by Gasteiger charge is -2.31. The molecule has 2 aliphatic rings. The van der Waals surface area contributed by atoms with Crippen molar-refractivity contribution in [2.45, 2.75) is 70.4 Å². The Bertz CT molecular complexity index is 595. The predicted molar refractivity (Wildman–Crippen MR) is 97.4 cm³/mol. The molecule has 1 heterocycles. The predicted octanol–water partition coefficient (Wildman–Crippen LogP) is 2.92. The number of hydrogen-bond acceptors (Lipinski definition) is 5. The first-order valence-corrected chi connectivity index (χ1v) is 9.52. The molecule has 0 saturated heterocycles. The van der Waals surface area contributed by atoms with Crippen molar-refractivity contribution in [2.24, 2.45) is 17.6 Å². The Labute approximate surface area is 149 Å². The largest absolute Gasteiger partial charge is 0.381 e. The fraction of sp³-hybridized carbons (Fsp3) is 0.737. The molecule has 6 nitrogen and oxygen atoms in total. The number of nitrogens with two attached hydrogens (primary N) is 1. The van der Waals surface area contributed by atoms with Crippen LogP contribution in [-0.2, 0) is 11.2 Å². The molecule has 0 aliphatic heterocycles. The van der Waals surface area contributed by atoms with Gasteiger partial charge in [0, 0.05) is 19.3 Å². The second-order valence-corrected chi connectivity index (χ2v) is 7.64. The number of anilines is 1. The van der Waals surface area contributed by atoms with E-state index in [2.05, 4.69) is 22.2 Å². The molecule has 0 spiro atoms. The SMILES string of the molecule is COC1CCC(Nc2ncc(C(N)=O)c(C[C@@H](C)C3CCC3)n2)CC1. The van der Waals surface area contributed by atoms with Crippen molar-refractivity contribution in [1.82, 2.24) is 9.97 Å². The second kappa shape index (κ2) is 8.13. The molecule has 6 heteroatoms. The van der Waals surface area contributed by atoms with Gasteiger partial charge in [0.25, 0.3) is 5.91 Å². The monoisotopic (exact) mass is 346 g/mol. The van der Waals surface area contributed by atoms with Crippen LogP contribution in [0.3, 0.4) is 0 Å². The Morgan fingerprint density at radius 2 is 2.04 bits per heavy atom. The van der Waals surface area contributed by atoms with Gasteiger partial charge < -0.3 is 15.8 Å². The molecule has 0 aromatic carbocycles. The molecule has 1 amide bonds. The van der Waals surface area contributed by atoms with Gasteiger partial charge >= 0.3 is 0 Å². The van der Waals surface area contributed by atoms with Crippen molar-refractivity contribution in [3.05, 3.63) is 17.5 Å². The van der Waals surface area contributed by atoms with Gasteiger partial charge in [0.05, 0.1) is 17.4 Å². The number of aromatic nitrogens is 2. The van der Waals surface area contributed by atoms with E-state index in [1.807, 2.05) is 0 Å². The molecular weight excluding hydrogens is 316 g/mol. The lowest BCUT2D eigenvalue weighted by Crippen LogP contribution is -2.30. The number of carbonyl (C=O) groups is 1. The molecule has 1 aromatic heterocycles. The van der Waals surface area contributed by atoms with Crippen LogP contribution in [0.15, 0.2) is 6.20 Å². The molecule has 2 fully saturated rings. The fourth-order valence-electron chi connectivity index (χ4n) is 3.95. The van der Waals surface area contributed by atoms with Gasteiger partial charge in [-0.3, -0.25) is 4.79 Å². The molecule has 1 atom stereocenters. The van der Waals surface area contributed by atoms with Gasteiger partial charge in [0.1, 0.15) is 0 Å². The zero-order chi connectivity index (χ0) is 17.8. The molecule has 2 saturated carbocycles. The molecule has 1 aromatic rings. The average molecular weight is 346 g/mol. The molecule has 0 bridgehead atoms. The summed E-state index contributed by atoms with van der Waals surface area (Å²) < 4.78 is 5.42. The van der Waals surface area contributed by atoms with Gasteiger partial charge in [0.15, 0.2) is 0 Å². The van der Waals surface area contributed by atoms with Gasteiger partial charge in [0.2, 0.25) is 5.95 Å². The number of rotatable bonds is 7. The van der Waals surface area contributed by atoms with Crippen molar-refractivity contribution < 1.29 is 9.53 Å². The smallest absolute Gasteiger partial charge is 0.252 e. The summed E-state index contributed by atoms with van der Waals surface area (Å²) >= 11 is 0. The van der Waals surface area contributed by atoms with Gasteiger partial charge in [-0.15, -0.1) is 0 Å². The van der Waals surface area contributed by atoms with Gasteiger partial charge in [-0.1, -0.05) is 26.2 Å². The third kappa shape index (κ3) is 4.48. The topological polar surface area (TPSA) is 90.1 Å². The minimum atomic E-state index is -0.442. The van der Waals surface area contributed by atoms with E-state index in [1.54, 1.807) is 13.3 Å². The quantitative estimate of drug-likeness (QED) is 0.792. The van der Waals surface area contributed by atoms with Crippen LogP contribution in [-0.4, -0.2) is 35.1 Å². The van der Waals surface area contributed by atoms with Crippen LogP contribution in [0.1, 0.15) is 67.9 Å². The van der Waals surface area contributed by atoms with Crippen molar-refractivity contribution >= 4 is 11.9 Å². The number of primary amides is 1. The van der Waals surface area contributed by atoms with E-state index in [0.29, 0.717) is 29.6 Å². The average Bonchev–Trinajstić information content (AvgIpc) is 2.54. The molecular formula is C19H30N4O2. The highest BCUT2D eigenvalue weighted by Gasteiger charge is 2.26. The summed E-state index contributed by atoms with van der Waals surface area (Å²) in [6.07, 6.45) is 10.8. The van der Waals surface area contributed by atoms with Crippen LogP contribution >= 0.6 is 0 Å². The third-order valence-corrected chi connectivity index (χ3v) is 5.94. The number of hydrogen-bond donors (Lipinski definition) is 2. The van der Waals surface area contributed by atoms with Crippen molar-refractivity contribution in [3.8, 4) is 0 Å². The summed E-state index contributed by atoms with van der Waals surface area (Å²) in [6.45, 7) is 2.25. The fourth-order valence-corrected chi connectivity index (χ4v) is 3.95. The first kappa shape index (κ1) is 18.1. The number of ether oxygens (including phenoxy) is 1. The van der Waals surface area contributed by atoms with Crippen LogP contribution in [0.4, 0.5) is 5.95 Å². The minimum absolute atomic E-state index is 0.364. The lowest BCUT2D eigenvalue weighted by molar-refractivity contribution is 0.0681. The van der Waals surface area contributed by atoms with Crippen molar-refractivity contribution in [1.29, 1.82) is 0 Å². The highest BCUT2D eigenvalue weighted by molar-refractivity contribution is 5.93. The summed E-state index contributed by atoms with van der Waals surface area (Å²) in [6, 6.07) is 0.364. The maximum atomic E-state index is 11.7. The minimum Gasteiger partial charge on any atom is -0.381 e. The van der Waals surface area contributed by atoms with Crippen LogP contribution < -0.4 is 11.1 Å². The number of nitrogens with zero attached hydrogens (tertiary/aromatic N) is 2. The van der Waals surface area contributed by atoms with E-state index in [-0.39, 0.29) is 0 Å². The standard InChI is InChI=1S/C19H30N4O2/c1-12(13-4-3-5-13)10-17-16(18(20)24)11-21-19(23-17)22-14-6-8-15(25-2)9-7-14/h11-15H,3-10H2,1-2H3,(H2,20,24)(H,21,22,23)/t12-,14?,15?/m1/s1. The Morgan fingerprint density at radius 1 is 1.32 bits per heavy atom. The summed E-state index contributed by atoms with van der Waals surface area (Å²) in [5.41, 5.74) is 6.77. The molecule has 0 radical (unpaired) electrons. The Morgan fingerprint density at radius 3 is 2.60 bits per heavy atom. The van der Waals surface area contributed by atoms with E-state index >= 15 is 0 Å². The summed E-state index contributed by atoms with van der Waals surface area (Å²) in [7, 11) is 1.78. The second-order valence-electron chi connectivity index (χ2n) is 7.64. The van der Waals surface area contributed by atoms with Crippen LogP contribution in [0, 0.1) is 11.8 Å². The number of nitrogens with one attached hydrogen (secondary N) is 1. The summed E-state index contributed by atoms with van der Waals surface area (Å²) in [5.74, 6) is 1.44. The first-order chi connectivity index (χ1) is 12.1. The van der Waals surface area contributed by atoms with Gasteiger partial charge in [-0.2, -0.15) is 0 Å². The summed E-state index contributed by atoms with van der Waals surface area (Å²) in [4.78, 5) is 20.7. The molecule has 3 rings (SSSR count). The van der Waals surface area contributed by atoms with E-state index < -0.39 is 5.91 Å². The number of carbonyl (C=O) groups excluding carboxylic acids is 1. The maximum Gasteiger partial charge on any atom is 0.252 e. The Kier molecular flexibility index (Phi) is 5.89. The number of methoxy groups -OCH3 is 1. The first-order valence-electron chi connectivity index (χ1n) is 9.52. The Hall–Kier alpha value is -1.69. The highest BCUT2D eigenvalue weighted by Crippen LogP contribution is 2.35.